The molecule has 0 bridgehead atoms. The minimum atomic E-state index is 0.271. The molecular formula is C23H19N5O2. The van der Waals surface area contributed by atoms with E-state index < -0.39 is 0 Å². The summed E-state index contributed by atoms with van der Waals surface area (Å²) >= 11 is 0. The Morgan fingerprint density at radius 2 is 1.90 bits per heavy atom. The zero-order valence-corrected chi connectivity index (χ0v) is 16.3. The van der Waals surface area contributed by atoms with E-state index in [1.807, 2.05) is 71.3 Å². The minimum absolute atomic E-state index is 0.271. The summed E-state index contributed by atoms with van der Waals surface area (Å²) in [5, 5.41) is 9.46. The number of aromatic nitrogens is 4. The third-order valence-electron chi connectivity index (χ3n) is 4.96. The first-order valence-electron chi connectivity index (χ1n) is 9.46. The Hall–Kier alpha value is -4.13. The number of methoxy groups -OCH3 is 1. The second-order valence-electron chi connectivity index (χ2n) is 6.87. The van der Waals surface area contributed by atoms with Gasteiger partial charge in [0.25, 0.3) is 0 Å². The first-order chi connectivity index (χ1) is 14.7. The highest BCUT2D eigenvalue weighted by atomic mass is 16.5. The summed E-state index contributed by atoms with van der Waals surface area (Å²) in [4.78, 5) is 4.39. The van der Waals surface area contributed by atoms with Crippen LogP contribution < -0.4 is 15.2 Å². The van der Waals surface area contributed by atoms with Gasteiger partial charge in [-0.05, 0) is 53.6 Å². The molecule has 0 atom stereocenters. The maximum Gasteiger partial charge on any atom is 0.175 e. The fraction of sp³-hybridized carbons (Fsp3) is 0.0870. The van der Waals surface area contributed by atoms with Crippen LogP contribution in [0.1, 0.15) is 5.82 Å². The fourth-order valence-electron chi connectivity index (χ4n) is 3.42. The molecule has 2 N–H and O–H groups in total. The number of rotatable bonds is 5. The van der Waals surface area contributed by atoms with Gasteiger partial charge in [-0.15, -0.1) is 10.2 Å². The second-order valence-corrected chi connectivity index (χ2v) is 6.87. The summed E-state index contributed by atoms with van der Waals surface area (Å²) in [6, 6.07) is 19.3. The van der Waals surface area contributed by atoms with E-state index >= 15 is 0 Å². The van der Waals surface area contributed by atoms with Crippen molar-refractivity contribution in [1.29, 1.82) is 0 Å². The van der Waals surface area contributed by atoms with Crippen molar-refractivity contribution in [3.05, 3.63) is 78.9 Å². The summed E-state index contributed by atoms with van der Waals surface area (Å²) in [5.41, 5.74) is 10.3. The molecule has 3 heterocycles. The normalized spacial score (nSPS) is 11.1. The number of fused-ring (bicyclic) bond motifs is 2. The Labute approximate surface area is 172 Å². The largest absolute Gasteiger partial charge is 0.497 e. The average molecular weight is 397 g/mol. The van der Waals surface area contributed by atoms with Crippen LogP contribution in [0.25, 0.3) is 27.7 Å². The van der Waals surface area contributed by atoms with Gasteiger partial charge in [0.2, 0.25) is 0 Å². The molecule has 0 spiro atoms. The second kappa shape index (κ2) is 7.36. The van der Waals surface area contributed by atoms with Crippen LogP contribution in [0.3, 0.4) is 0 Å². The van der Waals surface area contributed by atoms with Crippen molar-refractivity contribution in [3.63, 3.8) is 0 Å². The van der Waals surface area contributed by atoms with Crippen LogP contribution in [0.5, 0.6) is 11.5 Å². The molecule has 0 radical (unpaired) electrons. The van der Waals surface area contributed by atoms with Crippen molar-refractivity contribution in [2.45, 2.75) is 6.61 Å². The standard InChI is InChI=1S/C23H19N5O2/c1-29-18-6-7-19-20(12-18)25-10-9-21(19)30-14-23-27-26-22-8-5-16(13-28(22)23)15-3-2-4-17(24)11-15/h2-13H,14,24H2,1H3. The average Bonchev–Trinajstić information content (AvgIpc) is 3.19. The van der Waals surface area contributed by atoms with Gasteiger partial charge in [0, 0.05) is 29.5 Å². The molecule has 0 aliphatic heterocycles. The third-order valence-corrected chi connectivity index (χ3v) is 4.96. The van der Waals surface area contributed by atoms with Crippen LogP contribution >= 0.6 is 0 Å². The highest BCUT2D eigenvalue weighted by molar-refractivity contribution is 5.85. The van der Waals surface area contributed by atoms with E-state index in [1.165, 1.54) is 0 Å². The smallest absolute Gasteiger partial charge is 0.175 e. The first kappa shape index (κ1) is 17.9. The molecule has 5 rings (SSSR count). The van der Waals surface area contributed by atoms with Crippen molar-refractivity contribution in [2.75, 3.05) is 12.8 Å². The molecule has 0 saturated heterocycles. The summed E-state index contributed by atoms with van der Waals surface area (Å²) in [6.45, 7) is 0.271. The van der Waals surface area contributed by atoms with Crippen LogP contribution in [0.4, 0.5) is 5.69 Å². The molecule has 0 unspecified atom stereocenters. The van der Waals surface area contributed by atoms with E-state index in [0.29, 0.717) is 5.82 Å². The number of pyridine rings is 2. The molecule has 2 aromatic carbocycles. The van der Waals surface area contributed by atoms with Gasteiger partial charge in [-0.1, -0.05) is 12.1 Å². The lowest BCUT2D eigenvalue weighted by molar-refractivity contribution is 0.298. The van der Waals surface area contributed by atoms with Crippen LogP contribution in [0, 0.1) is 0 Å². The third kappa shape index (κ3) is 3.26. The van der Waals surface area contributed by atoms with E-state index in [9.17, 15) is 0 Å². The Balaban J connectivity index is 1.46. The molecular weight excluding hydrogens is 378 g/mol. The predicted octanol–water partition coefficient (Wildman–Crippen LogP) is 4.11. The highest BCUT2D eigenvalue weighted by Gasteiger charge is 2.10. The summed E-state index contributed by atoms with van der Waals surface area (Å²) in [7, 11) is 1.63. The lowest BCUT2D eigenvalue weighted by Gasteiger charge is -2.09. The van der Waals surface area contributed by atoms with Crippen molar-refractivity contribution >= 4 is 22.2 Å². The number of anilines is 1. The number of nitrogen functional groups attached to an aromatic ring is 1. The molecule has 7 heteroatoms. The Bertz CT molecular complexity index is 1360. The number of nitrogens with zero attached hydrogens (tertiary/aromatic N) is 4. The predicted molar refractivity (Wildman–Crippen MR) is 115 cm³/mol. The molecule has 0 saturated carbocycles. The van der Waals surface area contributed by atoms with Gasteiger partial charge in [-0.2, -0.15) is 0 Å². The zero-order valence-electron chi connectivity index (χ0n) is 16.3. The first-order valence-corrected chi connectivity index (χ1v) is 9.46. The van der Waals surface area contributed by atoms with Gasteiger partial charge in [0.05, 0.1) is 12.6 Å². The molecule has 30 heavy (non-hydrogen) atoms. The lowest BCUT2D eigenvalue weighted by Crippen LogP contribution is -2.02. The van der Waals surface area contributed by atoms with Crippen LogP contribution in [0.15, 0.2) is 73.1 Å². The number of benzene rings is 2. The molecule has 7 nitrogen and oxygen atoms in total. The minimum Gasteiger partial charge on any atom is -0.497 e. The zero-order chi connectivity index (χ0) is 20.5. The summed E-state index contributed by atoms with van der Waals surface area (Å²) in [6.07, 6.45) is 3.72. The molecule has 5 aromatic rings. The van der Waals surface area contributed by atoms with E-state index in [0.717, 1.165) is 44.9 Å². The Morgan fingerprint density at radius 3 is 2.77 bits per heavy atom. The lowest BCUT2D eigenvalue weighted by atomic mass is 10.1. The van der Waals surface area contributed by atoms with Gasteiger partial charge < -0.3 is 15.2 Å². The number of hydrogen-bond acceptors (Lipinski definition) is 6. The van der Waals surface area contributed by atoms with E-state index in [-0.39, 0.29) is 6.61 Å². The summed E-state index contributed by atoms with van der Waals surface area (Å²) in [5.74, 6) is 2.19. The summed E-state index contributed by atoms with van der Waals surface area (Å²) < 4.78 is 13.3. The molecule has 0 aliphatic carbocycles. The Morgan fingerprint density at radius 1 is 0.967 bits per heavy atom. The van der Waals surface area contributed by atoms with Crippen molar-refractivity contribution < 1.29 is 9.47 Å². The SMILES string of the molecule is COc1ccc2c(OCc3nnc4ccc(-c5cccc(N)c5)cn34)ccnc2c1. The van der Waals surface area contributed by atoms with Crippen LogP contribution in [0.2, 0.25) is 0 Å². The van der Waals surface area contributed by atoms with E-state index in [4.69, 9.17) is 15.2 Å². The van der Waals surface area contributed by atoms with Crippen LogP contribution in [-0.2, 0) is 6.61 Å². The van der Waals surface area contributed by atoms with E-state index in [2.05, 4.69) is 15.2 Å². The number of ether oxygens (including phenoxy) is 2. The Kier molecular flexibility index (Phi) is 4.40. The fourth-order valence-corrected chi connectivity index (χ4v) is 3.42. The van der Waals surface area contributed by atoms with Crippen molar-refractivity contribution in [1.82, 2.24) is 19.6 Å². The van der Waals surface area contributed by atoms with E-state index in [1.54, 1.807) is 13.3 Å². The van der Waals surface area contributed by atoms with Gasteiger partial charge in [0.15, 0.2) is 11.5 Å². The molecule has 148 valence electrons. The van der Waals surface area contributed by atoms with Crippen LogP contribution in [-0.4, -0.2) is 26.7 Å². The van der Waals surface area contributed by atoms with Crippen molar-refractivity contribution in [3.8, 4) is 22.6 Å². The van der Waals surface area contributed by atoms with Gasteiger partial charge in [-0.3, -0.25) is 9.38 Å². The maximum atomic E-state index is 6.09. The number of nitrogens with two attached hydrogens (primary N) is 1. The number of hydrogen-bond donors (Lipinski definition) is 1. The van der Waals surface area contributed by atoms with Gasteiger partial charge >= 0.3 is 0 Å². The van der Waals surface area contributed by atoms with Gasteiger partial charge in [0.1, 0.15) is 18.1 Å². The quantitative estimate of drug-likeness (QED) is 0.449. The molecule has 0 aliphatic rings. The molecule has 3 aromatic heterocycles. The molecule has 0 fully saturated rings. The maximum absolute atomic E-state index is 6.09. The monoisotopic (exact) mass is 397 g/mol. The topological polar surface area (TPSA) is 87.6 Å². The van der Waals surface area contributed by atoms with Crippen molar-refractivity contribution in [2.24, 2.45) is 0 Å². The van der Waals surface area contributed by atoms with Gasteiger partial charge in [-0.25, -0.2) is 0 Å². The molecule has 0 amide bonds. The highest BCUT2D eigenvalue weighted by Crippen LogP contribution is 2.28.